The SMILES string of the molecule is CCCCCCCC/C=C\CCCCCCCCCCOCC(COP(=O)(O)OCCN)OC(=O)CCCCCCCCCC. The first kappa shape index (κ1) is 44.2. The second-order valence-corrected chi connectivity index (χ2v) is 13.9. The average molecular weight is 662 g/mol. The number of phosphoric ester groups is 1. The van der Waals surface area contributed by atoms with E-state index in [0.29, 0.717) is 13.0 Å². The monoisotopic (exact) mass is 662 g/mol. The minimum atomic E-state index is -4.26. The maximum atomic E-state index is 12.4. The molecule has 0 spiro atoms. The molecule has 0 saturated heterocycles. The van der Waals surface area contributed by atoms with Gasteiger partial charge in [0.1, 0.15) is 6.10 Å². The van der Waals surface area contributed by atoms with Gasteiger partial charge in [-0.2, -0.15) is 0 Å². The number of hydrogen-bond donors (Lipinski definition) is 2. The second kappa shape index (κ2) is 34.6. The lowest BCUT2D eigenvalue weighted by Gasteiger charge is -2.20. The molecule has 0 aromatic carbocycles. The fourth-order valence-electron chi connectivity index (χ4n) is 5.17. The lowest BCUT2D eigenvalue weighted by molar-refractivity contribution is -0.154. The van der Waals surface area contributed by atoms with Crippen LogP contribution in [0.3, 0.4) is 0 Å². The molecule has 0 aliphatic rings. The summed E-state index contributed by atoms with van der Waals surface area (Å²) in [5, 5.41) is 0. The zero-order chi connectivity index (χ0) is 33.1. The van der Waals surface area contributed by atoms with Gasteiger partial charge in [0.25, 0.3) is 0 Å². The highest BCUT2D eigenvalue weighted by molar-refractivity contribution is 7.47. The third-order valence-electron chi connectivity index (χ3n) is 7.93. The van der Waals surface area contributed by atoms with Gasteiger partial charge < -0.3 is 20.1 Å². The van der Waals surface area contributed by atoms with E-state index in [-0.39, 0.29) is 32.3 Å². The topological polar surface area (TPSA) is 117 Å². The van der Waals surface area contributed by atoms with E-state index in [1.807, 2.05) is 0 Å². The summed E-state index contributed by atoms with van der Waals surface area (Å²) in [6.45, 7) is 4.89. The van der Waals surface area contributed by atoms with Gasteiger partial charge in [-0.15, -0.1) is 0 Å². The molecule has 0 bridgehead atoms. The third kappa shape index (κ3) is 34.4. The van der Waals surface area contributed by atoms with Crippen molar-refractivity contribution in [2.24, 2.45) is 5.73 Å². The van der Waals surface area contributed by atoms with Crippen LogP contribution >= 0.6 is 7.82 Å². The Hall–Kier alpha value is -0.760. The summed E-state index contributed by atoms with van der Waals surface area (Å²) < 4.78 is 33.2. The highest BCUT2D eigenvalue weighted by atomic mass is 31.2. The van der Waals surface area contributed by atoms with Crippen molar-refractivity contribution in [3.8, 4) is 0 Å². The second-order valence-electron chi connectivity index (χ2n) is 12.4. The molecule has 0 saturated carbocycles. The van der Waals surface area contributed by atoms with Crippen LogP contribution in [0.1, 0.15) is 174 Å². The van der Waals surface area contributed by atoms with Gasteiger partial charge in [0.05, 0.1) is 19.8 Å². The molecular formula is C36H72NO7P. The molecule has 0 rings (SSSR count). The molecule has 0 aromatic rings. The van der Waals surface area contributed by atoms with Crippen molar-refractivity contribution in [3.05, 3.63) is 12.2 Å². The number of allylic oxidation sites excluding steroid dienone is 2. The molecular weight excluding hydrogens is 589 g/mol. The van der Waals surface area contributed by atoms with Crippen LogP contribution in [0.2, 0.25) is 0 Å². The zero-order valence-corrected chi connectivity index (χ0v) is 30.3. The lowest BCUT2D eigenvalue weighted by atomic mass is 10.1. The Bertz CT molecular complexity index is 707. The van der Waals surface area contributed by atoms with Crippen molar-refractivity contribution in [3.63, 3.8) is 0 Å². The molecule has 0 radical (unpaired) electrons. The van der Waals surface area contributed by atoms with Crippen molar-refractivity contribution in [1.82, 2.24) is 0 Å². The lowest BCUT2D eigenvalue weighted by Crippen LogP contribution is -2.28. The van der Waals surface area contributed by atoms with Gasteiger partial charge in [-0.1, -0.05) is 142 Å². The van der Waals surface area contributed by atoms with Crippen LogP contribution in [0, 0.1) is 0 Å². The number of ether oxygens (including phenoxy) is 2. The van der Waals surface area contributed by atoms with Crippen molar-refractivity contribution in [1.29, 1.82) is 0 Å². The first-order chi connectivity index (χ1) is 21.9. The van der Waals surface area contributed by atoms with Crippen molar-refractivity contribution in [2.45, 2.75) is 180 Å². The summed E-state index contributed by atoms with van der Waals surface area (Å²) in [6, 6.07) is 0. The number of hydrogen-bond acceptors (Lipinski definition) is 7. The average Bonchev–Trinajstić information content (AvgIpc) is 3.02. The summed E-state index contributed by atoms with van der Waals surface area (Å²) in [6.07, 6.45) is 33.8. The predicted molar refractivity (Wildman–Crippen MR) is 187 cm³/mol. The van der Waals surface area contributed by atoms with E-state index in [0.717, 1.165) is 32.1 Å². The molecule has 0 aliphatic heterocycles. The molecule has 268 valence electrons. The Balaban J connectivity index is 3.98. The molecule has 3 N–H and O–H groups in total. The molecule has 2 unspecified atom stereocenters. The molecule has 0 aromatic heterocycles. The first-order valence-corrected chi connectivity index (χ1v) is 20.2. The predicted octanol–water partition coefficient (Wildman–Crippen LogP) is 10.4. The number of rotatable bonds is 36. The van der Waals surface area contributed by atoms with Crippen LogP contribution in [0.5, 0.6) is 0 Å². The van der Waals surface area contributed by atoms with E-state index in [2.05, 4.69) is 26.0 Å². The smallest absolute Gasteiger partial charge is 0.457 e. The highest BCUT2D eigenvalue weighted by Crippen LogP contribution is 2.43. The zero-order valence-electron chi connectivity index (χ0n) is 29.4. The molecule has 0 fully saturated rings. The van der Waals surface area contributed by atoms with E-state index >= 15 is 0 Å². The summed E-state index contributed by atoms with van der Waals surface area (Å²) in [4.78, 5) is 22.2. The maximum Gasteiger partial charge on any atom is 0.472 e. The number of unbranched alkanes of at least 4 members (excludes halogenated alkanes) is 21. The molecule has 0 amide bonds. The summed E-state index contributed by atoms with van der Waals surface area (Å²) in [5.41, 5.74) is 5.34. The van der Waals surface area contributed by atoms with Crippen molar-refractivity contribution in [2.75, 3.05) is 33.0 Å². The van der Waals surface area contributed by atoms with Gasteiger partial charge in [0, 0.05) is 19.6 Å². The van der Waals surface area contributed by atoms with Crippen molar-refractivity contribution < 1.29 is 32.8 Å². The molecule has 0 aliphatic carbocycles. The quantitative estimate of drug-likeness (QED) is 0.0295. The molecule has 9 heteroatoms. The molecule has 2 atom stereocenters. The van der Waals surface area contributed by atoms with Gasteiger partial charge in [0.2, 0.25) is 0 Å². The van der Waals surface area contributed by atoms with Gasteiger partial charge in [-0.25, -0.2) is 4.57 Å². The van der Waals surface area contributed by atoms with Crippen LogP contribution in [-0.2, 0) is 27.9 Å². The number of phosphoric acid groups is 1. The normalized spacial score (nSPS) is 13.8. The van der Waals surface area contributed by atoms with E-state index in [4.69, 9.17) is 24.3 Å². The Kier molecular flexibility index (Phi) is 34.0. The van der Waals surface area contributed by atoms with Crippen LogP contribution in [0.15, 0.2) is 12.2 Å². The fourth-order valence-corrected chi connectivity index (χ4v) is 5.93. The minimum absolute atomic E-state index is 0.0934. The third-order valence-corrected chi connectivity index (χ3v) is 8.92. The minimum Gasteiger partial charge on any atom is -0.457 e. The molecule has 0 heterocycles. The molecule has 45 heavy (non-hydrogen) atoms. The summed E-state index contributed by atoms with van der Waals surface area (Å²) in [7, 11) is -4.26. The van der Waals surface area contributed by atoms with Crippen LogP contribution < -0.4 is 5.73 Å². The standard InChI is InChI=1S/C36H72NO7P/c1-3-5-7-9-11-13-14-15-16-17-18-19-20-21-22-24-26-28-31-41-33-35(34-43-45(39,40)42-32-30-37)44-36(38)29-27-25-23-12-10-8-6-4-2/h15-16,35H,3-14,17-34,37H2,1-2H3,(H,39,40)/b16-15-. The van der Waals surface area contributed by atoms with E-state index in [1.54, 1.807) is 0 Å². The van der Waals surface area contributed by atoms with E-state index in [1.165, 1.54) is 122 Å². The maximum absolute atomic E-state index is 12.4. The van der Waals surface area contributed by atoms with Crippen LogP contribution in [0.4, 0.5) is 0 Å². The first-order valence-electron chi connectivity index (χ1n) is 18.7. The number of nitrogens with two attached hydrogens (primary N) is 1. The number of carbonyl (C=O) groups excluding carboxylic acids is 1. The van der Waals surface area contributed by atoms with E-state index in [9.17, 15) is 14.3 Å². The summed E-state index contributed by atoms with van der Waals surface area (Å²) in [5.74, 6) is -0.335. The van der Waals surface area contributed by atoms with Gasteiger partial charge in [0.15, 0.2) is 0 Å². The highest BCUT2D eigenvalue weighted by Gasteiger charge is 2.25. The Morgan fingerprint density at radius 1 is 0.644 bits per heavy atom. The Morgan fingerprint density at radius 3 is 1.62 bits per heavy atom. The van der Waals surface area contributed by atoms with Crippen molar-refractivity contribution >= 4 is 13.8 Å². The Morgan fingerprint density at radius 2 is 1.11 bits per heavy atom. The fraction of sp³-hybridized carbons (Fsp3) is 0.917. The summed E-state index contributed by atoms with van der Waals surface area (Å²) >= 11 is 0. The molecule has 8 nitrogen and oxygen atoms in total. The largest absolute Gasteiger partial charge is 0.472 e. The van der Waals surface area contributed by atoms with Crippen LogP contribution in [0.25, 0.3) is 0 Å². The Labute approximate surface area is 277 Å². The van der Waals surface area contributed by atoms with Gasteiger partial charge in [-0.05, 0) is 38.5 Å². The number of esters is 1. The van der Waals surface area contributed by atoms with Gasteiger partial charge >= 0.3 is 13.8 Å². The van der Waals surface area contributed by atoms with Crippen LogP contribution in [-0.4, -0.2) is 49.9 Å². The van der Waals surface area contributed by atoms with Gasteiger partial charge in [-0.3, -0.25) is 13.8 Å². The number of carbonyl (C=O) groups is 1. The van der Waals surface area contributed by atoms with E-state index < -0.39 is 13.9 Å².